The van der Waals surface area contributed by atoms with Crippen molar-refractivity contribution in [3.63, 3.8) is 0 Å². The first-order valence-electron chi connectivity index (χ1n) is 6.94. The number of aliphatic hydroxyl groups is 1. The number of fused-ring (bicyclic) bond motifs is 1. The number of rotatable bonds is 2. The average molecular weight is 291 g/mol. The van der Waals surface area contributed by atoms with Gasteiger partial charge in [-0.15, -0.1) is 0 Å². The molecule has 2 aromatic carbocycles. The molecule has 0 spiro atoms. The van der Waals surface area contributed by atoms with Crippen LogP contribution < -0.4 is 4.90 Å². The molecule has 5 heteroatoms. The molecule has 0 aliphatic carbocycles. The van der Waals surface area contributed by atoms with E-state index in [-0.39, 0.29) is 5.91 Å². The molecule has 1 atom stereocenters. The van der Waals surface area contributed by atoms with Crippen molar-refractivity contribution in [1.82, 2.24) is 9.97 Å². The van der Waals surface area contributed by atoms with Gasteiger partial charge in [-0.1, -0.05) is 36.4 Å². The lowest BCUT2D eigenvalue weighted by Gasteiger charge is -2.32. The van der Waals surface area contributed by atoms with Crippen LogP contribution in [0.2, 0.25) is 0 Å². The van der Waals surface area contributed by atoms with Gasteiger partial charge in [-0.25, -0.2) is 4.98 Å². The van der Waals surface area contributed by atoms with Crippen molar-refractivity contribution >= 4 is 11.6 Å². The van der Waals surface area contributed by atoms with Gasteiger partial charge >= 0.3 is 0 Å². The Balaban J connectivity index is 2.00. The van der Waals surface area contributed by atoms with E-state index in [1.807, 2.05) is 18.2 Å². The van der Waals surface area contributed by atoms with Crippen LogP contribution in [0.15, 0.2) is 67.0 Å². The molecule has 22 heavy (non-hydrogen) atoms. The Bertz CT molecular complexity index is 830. The summed E-state index contributed by atoms with van der Waals surface area (Å²) in [5.41, 5.74) is -0.0231. The van der Waals surface area contributed by atoms with E-state index >= 15 is 0 Å². The molecule has 5 nitrogen and oxygen atoms in total. The van der Waals surface area contributed by atoms with E-state index in [0.717, 1.165) is 0 Å². The highest BCUT2D eigenvalue weighted by Gasteiger charge is 2.52. The molecule has 1 unspecified atom stereocenters. The number of carbonyl (C=O) groups is 1. The van der Waals surface area contributed by atoms with E-state index in [4.69, 9.17) is 0 Å². The highest BCUT2D eigenvalue weighted by molar-refractivity contribution is 6.12. The van der Waals surface area contributed by atoms with Crippen LogP contribution in [0.25, 0.3) is 0 Å². The van der Waals surface area contributed by atoms with Crippen LogP contribution in [0, 0.1) is 0 Å². The van der Waals surface area contributed by atoms with Gasteiger partial charge in [0.25, 0.3) is 5.91 Å². The molecule has 4 rings (SSSR count). The quantitative estimate of drug-likeness (QED) is 0.761. The largest absolute Gasteiger partial charge is 0.360 e. The number of amides is 1. The summed E-state index contributed by atoms with van der Waals surface area (Å²) in [6.45, 7) is 0. The molecule has 1 aliphatic rings. The number of benzene rings is 2. The number of nitrogens with one attached hydrogen (secondary N) is 1. The number of hydrogen-bond donors (Lipinski definition) is 2. The van der Waals surface area contributed by atoms with E-state index in [0.29, 0.717) is 22.6 Å². The van der Waals surface area contributed by atoms with Gasteiger partial charge in [-0.3, -0.25) is 9.69 Å². The molecule has 1 aromatic heterocycles. The number of imidazole rings is 1. The van der Waals surface area contributed by atoms with Crippen LogP contribution in [0.3, 0.4) is 0 Å². The third-order valence-corrected chi connectivity index (χ3v) is 3.90. The standard InChI is InChI=1S/C17H13N3O2/c21-15-13-8-4-5-9-14(13)17(22,16-18-10-11-19-16)20(15)12-6-2-1-3-7-12/h1-11,22H,(H,18,19). The first kappa shape index (κ1) is 12.8. The first-order valence-corrected chi connectivity index (χ1v) is 6.94. The van der Waals surface area contributed by atoms with Crippen LogP contribution in [-0.2, 0) is 5.72 Å². The third-order valence-electron chi connectivity index (χ3n) is 3.90. The van der Waals surface area contributed by atoms with Crippen molar-refractivity contribution in [3.8, 4) is 0 Å². The second-order valence-corrected chi connectivity index (χ2v) is 5.13. The van der Waals surface area contributed by atoms with Crippen molar-refractivity contribution in [1.29, 1.82) is 0 Å². The summed E-state index contributed by atoms with van der Waals surface area (Å²) in [7, 11) is 0. The van der Waals surface area contributed by atoms with E-state index < -0.39 is 5.72 Å². The zero-order chi connectivity index (χ0) is 15.2. The summed E-state index contributed by atoms with van der Waals surface area (Å²) in [6.07, 6.45) is 3.18. The van der Waals surface area contributed by atoms with E-state index in [1.54, 1.807) is 48.8 Å². The van der Waals surface area contributed by atoms with Crippen molar-refractivity contribution in [3.05, 3.63) is 83.9 Å². The number of anilines is 1. The number of H-pyrrole nitrogens is 1. The Kier molecular flexibility index (Phi) is 2.64. The number of para-hydroxylation sites is 1. The van der Waals surface area contributed by atoms with Crippen LogP contribution in [-0.4, -0.2) is 21.0 Å². The predicted octanol–water partition coefficient (Wildman–Crippen LogP) is 2.26. The summed E-state index contributed by atoms with van der Waals surface area (Å²) >= 11 is 0. The van der Waals surface area contributed by atoms with Gasteiger partial charge < -0.3 is 10.1 Å². The molecule has 0 radical (unpaired) electrons. The van der Waals surface area contributed by atoms with Gasteiger partial charge in [-0.05, 0) is 18.2 Å². The van der Waals surface area contributed by atoms with E-state index in [2.05, 4.69) is 9.97 Å². The molecule has 2 heterocycles. The number of hydrogen-bond acceptors (Lipinski definition) is 3. The molecule has 0 bridgehead atoms. The van der Waals surface area contributed by atoms with Crippen LogP contribution in [0.1, 0.15) is 21.7 Å². The lowest BCUT2D eigenvalue weighted by atomic mass is 10.0. The highest BCUT2D eigenvalue weighted by Crippen LogP contribution is 2.43. The minimum Gasteiger partial charge on any atom is -0.360 e. The van der Waals surface area contributed by atoms with E-state index in [9.17, 15) is 9.90 Å². The van der Waals surface area contributed by atoms with Gasteiger partial charge in [0.05, 0.1) is 0 Å². The fourth-order valence-corrected chi connectivity index (χ4v) is 2.93. The molecule has 1 aliphatic heterocycles. The smallest absolute Gasteiger partial charge is 0.261 e. The van der Waals surface area contributed by atoms with Crippen LogP contribution in [0.5, 0.6) is 0 Å². The minimum atomic E-state index is -1.64. The lowest BCUT2D eigenvalue weighted by molar-refractivity contribution is 0.0653. The molecule has 0 saturated carbocycles. The Morgan fingerprint density at radius 2 is 1.77 bits per heavy atom. The van der Waals surface area contributed by atoms with Gasteiger partial charge in [0.2, 0.25) is 5.72 Å². The van der Waals surface area contributed by atoms with Crippen molar-refractivity contribution in [2.24, 2.45) is 0 Å². The van der Waals surface area contributed by atoms with Gasteiger partial charge in [-0.2, -0.15) is 0 Å². The normalized spacial score (nSPS) is 20.2. The average Bonchev–Trinajstić information content (AvgIpc) is 3.17. The molecule has 3 aromatic rings. The number of nitrogens with zero attached hydrogens (tertiary/aromatic N) is 2. The van der Waals surface area contributed by atoms with Crippen LogP contribution >= 0.6 is 0 Å². The molecule has 0 saturated heterocycles. The molecular formula is C17H13N3O2. The molecular weight excluding hydrogens is 278 g/mol. The summed E-state index contributed by atoms with van der Waals surface area (Å²) in [6, 6.07) is 16.1. The van der Waals surface area contributed by atoms with E-state index in [1.165, 1.54) is 4.90 Å². The predicted molar refractivity (Wildman–Crippen MR) is 81.3 cm³/mol. The molecule has 108 valence electrons. The van der Waals surface area contributed by atoms with Crippen molar-refractivity contribution in [2.75, 3.05) is 4.90 Å². The fraction of sp³-hybridized carbons (Fsp3) is 0.0588. The Morgan fingerprint density at radius 1 is 1.05 bits per heavy atom. The molecule has 0 fully saturated rings. The highest BCUT2D eigenvalue weighted by atomic mass is 16.3. The third kappa shape index (κ3) is 1.57. The maximum absolute atomic E-state index is 12.8. The number of aromatic amines is 1. The van der Waals surface area contributed by atoms with Gasteiger partial charge in [0.15, 0.2) is 5.82 Å². The monoisotopic (exact) mass is 291 g/mol. The van der Waals surface area contributed by atoms with Gasteiger partial charge in [0.1, 0.15) is 0 Å². The molecule has 1 amide bonds. The fourth-order valence-electron chi connectivity index (χ4n) is 2.93. The zero-order valence-electron chi connectivity index (χ0n) is 11.6. The summed E-state index contributed by atoms with van der Waals surface area (Å²) < 4.78 is 0. The Labute approximate surface area is 126 Å². The topological polar surface area (TPSA) is 69.2 Å². The first-order chi connectivity index (χ1) is 10.7. The Hall–Kier alpha value is -2.92. The maximum atomic E-state index is 12.8. The summed E-state index contributed by atoms with van der Waals surface area (Å²) in [5, 5.41) is 11.4. The minimum absolute atomic E-state index is 0.249. The maximum Gasteiger partial charge on any atom is 0.261 e. The lowest BCUT2D eigenvalue weighted by Crippen LogP contribution is -2.45. The SMILES string of the molecule is O=C1c2ccccc2C(O)(c2ncc[nH]2)N1c1ccccc1. The van der Waals surface area contributed by atoms with Crippen molar-refractivity contribution < 1.29 is 9.90 Å². The number of aromatic nitrogens is 2. The second kappa shape index (κ2) is 4.54. The second-order valence-electron chi connectivity index (χ2n) is 5.13. The Morgan fingerprint density at radius 3 is 2.50 bits per heavy atom. The summed E-state index contributed by atoms with van der Waals surface area (Å²) in [5.74, 6) is 0.0651. The molecule has 2 N–H and O–H groups in total. The van der Waals surface area contributed by atoms with Crippen LogP contribution in [0.4, 0.5) is 5.69 Å². The van der Waals surface area contributed by atoms with Crippen molar-refractivity contribution in [2.45, 2.75) is 5.72 Å². The van der Waals surface area contributed by atoms with Gasteiger partial charge in [0, 0.05) is 29.2 Å². The summed E-state index contributed by atoms with van der Waals surface area (Å²) in [4.78, 5) is 21.3. The number of carbonyl (C=O) groups excluding carboxylic acids is 1. The zero-order valence-corrected chi connectivity index (χ0v) is 11.6.